The van der Waals surface area contributed by atoms with Gasteiger partial charge in [0.1, 0.15) is 0 Å². The lowest BCUT2D eigenvalue weighted by molar-refractivity contribution is -0.121. The highest BCUT2D eigenvalue weighted by atomic mass is 16.2. The molecule has 1 aromatic heterocycles. The van der Waals surface area contributed by atoms with E-state index in [1.54, 1.807) is 12.1 Å². The van der Waals surface area contributed by atoms with Gasteiger partial charge in [0.25, 0.3) is 0 Å². The van der Waals surface area contributed by atoms with Gasteiger partial charge in [-0.1, -0.05) is 30.3 Å². The molecule has 1 N–H and O–H groups in total. The number of benzene rings is 1. The van der Waals surface area contributed by atoms with E-state index in [1.807, 2.05) is 55.2 Å². The third-order valence-corrected chi connectivity index (χ3v) is 3.41. The van der Waals surface area contributed by atoms with Gasteiger partial charge in [-0.15, -0.1) is 0 Å². The Hall–Kier alpha value is -2.36. The summed E-state index contributed by atoms with van der Waals surface area (Å²) in [4.78, 5) is 23.8. The molecule has 0 aliphatic rings. The number of amides is 1. The average molecular weight is 284 g/mol. The molecule has 1 aromatic carbocycles. The minimum atomic E-state index is -0.101. The van der Waals surface area contributed by atoms with Crippen molar-refractivity contribution in [1.82, 2.24) is 9.88 Å². The molecule has 1 heterocycles. The van der Waals surface area contributed by atoms with Crippen molar-refractivity contribution in [3.63, 3.8) is 0 Å². The van der Waals surface area contributed by atoms with E-state index >= 15 is 0 Å². The molecule has 4 nitrogen and oxygen atoms in total. The van der Waals surface area contributed by atoms with Gasteiger partial charge in [-0.05, 0) is 18.6 Å². The summed E-state index contributed by atoms with van der Waals surface area (Å²) in [6.45, 7) is 1.94. The van der Waals surface area contributed by atoms with Crippen molar-refractivity contribution >= 4 is 11.7 Å². The van der Waals surface area contributed by atoms with Gasteiger partial charge in [0, 0.05) is 37.8 Å². The van der Waals surface area contributed by atoms with Crippen LogP contribution < -0.4 is 5.32 Å². The first-order valence-electron chi connectivity index (χ1n) is 7.06. The Morgan fingerprint density at radius 2 is 1.86 bits per heavy atom. The second-order valence-electron chi connectivity index (χ2n) is 5.19. The summed E-state index contributed by atoms with van der Waals surface area (Å²) in [7, 11) is 1.94. The summed E-state index contributed by atoms with van der Waals surface area (Å²) in [5.41, 5.74) is 1.71. The maximum atomic E-state index is 11.9. The van der Waals surface area contributed by atoms with Crippen LogP contribution >= 0.6 is 0 Å². The Balaban J connectivity index is 1.81. The lowest BCUT2D eigenvalue weighted by Crippen LogP contribution is -2.26. The van der Waals surface area contributed by atoms with Crippen molar-refractivity contribution in [2.75, 3.05) is 0 Å². The van der Waals surface area contributed by atoms with Crippen LogP contribution in [0.15, 0.2) is 48.8 Å². The minimum absolute atomic E-state index is 0.00175. The molecular formula is C17H20N2O2. The molecule has 0 saturated heterocycles. The van der Waals surface area contributed by atoms with Gasteiger partial charge in [-0.25, -0.2) is 0 Å². The number of rotatable bonds is 6. The third kappa shape index (κ3) is 4.31. The second-order valence-corrected chi connectivity index (χ2v) is 5.19. The molecule has 0 fully saturated rings. The maximum Gasteiger partial charge on any atom is 0.220 e. The van der Waals surface area contributed by atoms with E-state index < -0.39 is 0 Å². The molecular weight excluding hydrogens is 264 g/mol. The zero-order valence-electron chi connectivity index (χ0n) is 12.4. The van der Waals surface area contributed by atoms with E-state index in [2.05, 4.69) is 5.32 Å². The number of hydrogen-bond acceptors (Lipinski definition) is 2. The predicted molar refractivity (Wildman–Crippen MR) is 82.0 cm³/mol. The Morgan fingerprint density at radius 3 is 2.48 bits per heavy atom. The molecule has 1 amide bonds. The van der Waals surface area contributed by atoms with Crippen LogP contribution in [0.2, 0.25) is 0 Å². The van der Waals surface area contributed by atoms with E-state index in [1.165, 1.54) is 0 Å². The fourth-order valence-electron chi connectivity index (χ4n) is 2.17. The number of carbonyl (C=O) groups excluding carboxylic acids is 2. The first kappa shape index (κ1) is 15.0. The number of hydrogen-bond donors (Lipinski definition) is 1. The standard InChI is InChI=1S/C17H20N2O2/c1-13(15-10-11-19(2)12-15)18-17(21)9-8-16(20)14-6-4-3-5-7-14/h3-7,10-13H,8-9H2,1-2H3,(H,18,21)/t13-/m1/s1. The van der Waals surface area contributed by atoms with Crippen LogP contribution in [0.25, 0.3) is 0 Å². The van der Waals surface area contributed by atoms with Gasteiger partial charge in [0.2, 0.25) is 5.91 Å². The number of aryl methyl sites for hydroxylation is 1. The molecule has 2 aromatic rings. The molecule has 4 heteroatoms. The monoisotopic (exact) mass is 284 g/mol. The number of aromatic nitrogens is 1. The van der Waals surface area contributed by atoms with Crippen LogP contribution in [-0.4, -0.2) is 16.3 Å². The van der Waals surface area contributed by atoms with Crippen LogP contribution in [-0.2, 0) is 11.8 Å². The number of ketones is 1. The predicted octanol–water partition coefficient (Wildman–Crippen LogP) is 2.87. The molecule has 110 valence electrons. The summed E-state index contributed by atoms with van der Waals surface area (Å²) in [6.07, 6.45) is 4.36. The lowest BCUT2D eigenvalue weighted by Gasteiger charge is -2.12. The van der Waals surface area contributed by atoms with Crippen molar-refractivity contribution in [3.8, 4) is 0 Å². The summed E-state index contributed by atoms with van der Waals surface area (Å²) < 4.78 is 1.94. The number of nitrogens with zero attached hydrogens (tertiary/aromatic N) is 1. The molecule has 0 spiro atoms. The van der Waals surface area contributed by atoms with Crippen molar-refractivity contribution in [1.29, 1.82) is 0 Å². The van der Waals surface area contributed by atoms with E-state index in [0.717, 1.165) is 5.56 Å². The van der Waals surface area contributed by atoms with E-state index in [9.17, 15) is 9.59 Å². The molecule has 0 radical (unpaired) electrons. The fraction of sp³-hybridized carbons (Fsp3) is 0.294. The summed E-state index contributed by atoms with van der Waals surface area (Å²) >= 11 is 0. The van der Waals surface area contributed by atoms with Gasteiger partial charge in [0.05, 0.1) is 6.04 Å². The lowest BCUT2D eigenvalue weighted by atomic mass is 10.1. The zero-order chi connectivity index (χ0) is 15.2. The van der Waals surface area contributed by atoms with E-state index in [-0.39, 0.29) is 30.6 Å². The van der Waals surface area contributed by atoms with Gasteiger partial charge >= 0.3 is 0 Å². The van der Waals surface area contributed by atoms with Crippen molar-refractivity contribution in [2.45, 2.75) is 25.8 Å². The van der Waals surface area contributed by atoms with Crippen molar-refractivity contribution in [3.05, 3.63) is 59.9 Å². The molecule has 0 unspecified atom stereocenters. The molecule has 0 aliphatic carbocycles. The third-order valence-electron chi connectivity index (χ3n) is 3.41. The van der Waals surface area contributed by atoms with Crippen molar-refractivity contribution < 1.29 is 9.59 Å². The highest BCUT2D eigenvalue weighted by molar-refractivity contribution is 5.97. The van der Waals surface area contributed by atoms with Gasteiger partial charge in [0.15, 0.2) is 5.78 Å². The zero-order valence-corrected chi connectivity index (χ0v) is 12.4. The largest absolute Gasteiger partial charge is 0.357 e. The molecule has 2 rings (SSSR count). The number of Topliss-reactive ketones (excluding diaryl/α,β-unsaturated/α-hetero) is 1. The van der Waals surface area contributed by atoms with Crippen molar-refractivity contribution in [2.24, 2.45) is 7.05 Å². The Morgan fingerprint density at radius 1 is 1.14 bits per heavy atom. The summed E-state index contributed by atoms with van der Waals surface area (Å²) in [6, 6.07) is 11.0. The fourth-order valence-corrected chi connectivity index (χ4v) is 2.17. The SMILES string of the molecule is C[C@@H](NC(=O)CCC(=O)c1ccccc1)c1ccn(C)c1. The Labute approximate surface area is 124 Å². The van der Waals surface area contributed by atoms with E-state index in [4.69, 9.17) is 0 Å². The molecule has 21 heavy (non-hydrogen) atoms. The summed E-state index contributed by atoms with van der Waals surface area (Å²) in [5.74, 6) is -0.103. The smallest absolute Gasteiger partial charge is 0.220 e. The van der Waals surface area contributed by atoms with Gasteiger partial charge in [-0.3, -0.25) is 9.59 Å². The molecule has 1 atom stereocenters. The Bertz CT molecular complexity index is 617. The quantitative estimate of drug-likeness (QED) is 0.829. The van der Waals surface area contributed by atoms with Crippen LogP contribution in [0.4, 0.5) is 0 Å². The van der Waals surface area contributed by atoms with Gasteiger partial charge < -0.3 is 9.88 Å². The minimum Gasteiger partial charge on any atom is -0.357 e. The molecule has 0 bridgehead atoms. The second kappa shape index (κ2) is 6.88. The summed E-state index contributed by atoms with van der Waals surface area (Å²) in [5, 5.41) is 2.91. The van der Waals surface area contributed by atoms with Crippen LogP contribution in [0, 0.1) is 0 Å². The van der Waals surface area contributed by atoms with Crippen LogP contribution in [0.1, 0.15) is 41.7 Å². The van der Waals surface area contributed by atoms with Gasteiger partial charge in [-0.2, -0.15) is 0 Å². The first-order valence-corrected chi connectivity index (χ1v) is 7.06. The highest BCUT2D eigenvalue weighted by Gasteiger charge is 2.12. The van der Waals surface area contributed by atoms with Crippen LogP contribution in [0.3, 0.4) is 0 Å². The number of nitrogens with one attached hydrogen (secondary N) is 1. The average Bonchev–Trinajstić information content (AvgIpc) is 2.92. The highest BCUT2D eigenvalue weighted by Crippen LogP contribution is 2.12. The normalized spacial score (nSPS) is 11.9. The maximum absolute atomic E-state index is 11.9. The molecule has 0 saturated carbocycles. The first-order chi connectivity index (χ1) is 10.1. The van der Waals surface area contributed by atoms with E-state index in [0.29, 0.717) is 5.56 Å². The Kier molecular flexibility index (Phi) is 4.93. The number of carbonyl (C=O) groups is 2. The topological polar surface area (TPSA) is 51.1 Å². The molecule has 0 aliphatic heterocycles. The van der Waals surface area contributed by atoms with Crippen LogP contribution in [0.5, 0.6) is 0 Å².